The summed E-state index contributed by atoms with van der Waals surface area (Å²) in [7, 11) is 0. The highest BCUT2D eigenvalue weighted by Gasteiger charge is 2.45. The molecule has 1 aliphatic heterocycles. The normalized spacial score (nSPS) is 14.5. The number of hydrogen-bond acceptors (Lipinski definition) is 8. The van der Waals surface area contributed by atoms with Crippen LogP contribution in [-0.4, -0.2) is 30.1 Å². The van der Waals surface area contributed by atoms with Crippen molar-refractivity contribution in [2.24, 2.45) is 0 Å². The van der Waals surface area contributed by atoms with Gasteiger partial charge in [-0.3, -0.25) is 14.5 Å². The van der Waals surface area contributed by atoms with Crippen LogP contribution in [0.25, 0.3) is 11.0 Å². The minimum atomic E-state index is -0.820. The van der Waals surface area contributed by atoms with Gasteiger partial charge in [-0.1, -0.05) is 60.9 Å². The molecule has 1 amide bonds. The van der Waals surface area contributed by atoms with Crippen LogP contribution in [0.15, 0.2) is 83.1 Å². The van der Waals surface area contributed by atoms with E-state index in [1.54, 1.807) is 61.5 Å². The maximum Gasteiger partial charge on any atom is 0.350 e. The molecule has 0 radical (unpaired) electrons. The predicted octanol–water partition coefficient (Wildman–Crippen LogP) is 5.22. The number of amides is 1. The molecule has 0 fully saturated rings. The van der Waals surface area contributed by atoms with Crippen LogP contribution in [0.4, 0.5) is 5.13 Å². The number of ether oxygens (including phenoxy) is 2. The van der Waals surface area contributed by atoms with E-state index in [4.69, 9.17) is 13.9 Å². The molecule has 0 bridgehead atoms. The Morgan fingerprint density at radius 1 is 1.11 bits per heavy atom. The Morgan fingerprint density at radius 3 is 2.57 bits per heavy atom. The Labute approximate surface area is 216 Å². The van der Waals surface area contributed by atoms with Crippen molar-refractivity contribution in [3.63, 3.8) is 0 Å². The van der Waals surface area contributed by atoms with Crippen LogP contribution in [0.5, 0.6) is 5.75 Å². The van der Waals surface area contributed by atoms with Crippen LogP contribution in [-0.2, 0) is 4.74 Å². The summed E-state index contributed by atoms with van der Waals surface area (Å²) in [5, 5.41) is 0.621. The van der Waals surface area contributed by atoms with E-state index >= 15 is 0 Å². The summed E-state index contributed by atoms with van der Waals surface area (Å²) in [6.07, 6.45) is 3.11. The Kier molecular flexibility index (Phi) is 6.45. The molecule has 0 saturated carbocycles. The number of fused-ring (bicyclic) bond motifs is 2. The van der Waals surface area contributed by atoms with E-state index < -0.39 is 17.9 Å². The highest BCUT2D eigenvalue weighted by molar-refractivity contribution is 7.17. The van der Waals surface area contributed by atoms with Crippen molar-refractivity contribution < 1.29 is 23.5 Å². The SMILES string of the molecule is C=CCOC(=O)c1sc(N2C(=O)c3oc4ccccc4c(=O)c3[C@H]2c2ccc(OCC=C)cc2)nc1C. The second-order valence-electron chi connectivity index (χ2n) is 8.21. The van der Waals surface area contributed by atoms with Crippen LogP contribution >= 0.6 is 11.3 Å². The van der Waals surface area contributed by atoms with Gasteiger partial charge in [0.25, 0.3) is 5.91 Å². The Hall–Kier alpha value is -4.50. The molecule has 37 heavy (non-hydrogen) atoms. The molecular formula is C28H22N2O6S. The van der Waals surface area contributed by atoms with Crippen molar-refractivity contribution in [1.82, 2.24) is 4.98 Å². The van der Waals surface area contributed by atoms with Gasteiger partial charge in [0.2, 0.25) is 5.76 Å². The van der Waals surface area contributed by atoms with E-state index in [0.29, 0.717) is 34.6 Å². The molecule has 0 unspecified atom stereocenters. The fraction of sp³-hybridized carbons (Fsp3) is 0.143. The van der Waals surface area contributed by atoms with E-state index in [-0.39, 0.29) is 33.4 Å². The monoisotopic (exact) mass is 514 g/mol. The lowest BCUT2D eigenvalue weighted by molar-refractivity contribution is 0.0554. The standard InChI is InChI=1S/C28H22N2O6S/c1-4-14-34-18-12-10-17(11-13-18)22-21-23(31)19-8-6-7-9-20(19)36-24(21)26(32)30(22)28-29-16(3)25(37-28)27(33)35-15-5-2/h4-13,22H,1-2,14-15H2,3H3/t22-/m1/s1. The zero-order valence-electron chi connectivity index (χ0n) is 19.9. The second-order valence-corrected chi connectivity index (χ2v) is 9.19. The van der Waals surface area contributed by atoms with Crippen LogP contribution in [0.1, 0.15) is 43.1 Å². The number of thiazole rings is 1. The minimum Gasteiger partial charge on any atom is -0.490 e. The number of para-hydroxylation sites is 1. The lowest BCUT2D eigenvalue weighted by Crippen LogP contribution is -2.29. The Morgan fingerprint density at radius 2 is 1.84 bits per heavy atom. The van der Waals surface area contributed by atoms with Crippen molar-refractivity contribution in [3.05, 3.63) is 112 Å². The smallest absolute Gasteiger partial charge is 0.350 e. The molecule has 5 rings (SSSR count). The molecule has 0 spiro atoms. The first-order valence-corrected chi connectivity index (χ1v) is 12.2. The van der Waals surface area contributed by atoms with Gasteiger partial charge in [0.05, 0.1) is 22.7 Å². The highest BCUT2D eigenvalue weighted by Crippen LogP contribution is 2.43. The van der Waals surface area contributed by atoms with Crippen LogP contribution in [0.2, 0.25) is 0 Å². The Balaban J connectivity index is 1.66. The van der Waals surface area contributed by atoms with E-state index in [1.165, 1.54) is 11.0 Å². The average molecular weight is 515 g/mol. The quantitative estimate of drug-likeness (QED) is 0.235. The number of aryl methyl sites for hydroxylation is 1. The average Bonchev–Trinajstić information content (AvgIpc) is 3.43. The van der Waals surface area contributed by atoms with Crippen molar-refractivity contribution in [1.29, 1.82) is 0 Å². The summed E-state index contributed by atoms with van der Waals surface area (Å²) in [6, 6.07) is 13.1. The molecule has 2 aromatic carbocycles. The number of carbonyl (C=O) groups excluding carboxylic acids is 2. The predicted molar refractivity (Wildman–Crippen MR) is 141 cm³/mol. The van der Waals surface area contributed by atoms with E-state index in [2.05, 4.69) is 18.1 Å². The second kappa shape index (κ2) is 9.87. The first kappa shape index (κ1) is 24.2. The summed E-state index contributed by atoms with van der Waals surface area (Å²) in [5.41, 5.74) is 1.30. The zero-order valence-corrected chi connectivity index (χ0v) is 20.7. The largest absolute Gasteiger partial charge is 0.490 e. The maximum atomic E-state index is 13.7. The molecule has 3 heterocycles. The number of aromatic nitrogens is 1. The van der Waals surface area contributed by atoms with Crippen LogP contribution in [0, 0.1) is 6.92 Å². The van der Waals surface area contributed by atoms with Crippen LogP contribution < -0.4 is 15.1 Å². The molecular weight excluding hydrogens is 492 g/mol. The number of carbonyl (C=O) groups is 2. The van der Waals surface area contributed by atoms with Gasteiger partial charge in [-0.2, -0.15) is 0 Å². The van der Waals surface area contributed by atoms with Gasteiger partial charge in [0.15, 0.2) is 10.6 Å². The topological polar surface area (TPSA) is 98.9 Å². The molecule has 9 heteroatoms. The van der Waals surface area contributed by atoms with Crippen molar-refractivity contribution >= 4 is 39.3 Å². The number of rotatable bonds is 8. The number of anilines is 1. The summed E-state index contributed by atoms with van der Waals surface area (Å²) >= 11 is 1.02. The van der Waals surface area contributed by atoms with Gasteiger partial charge < -0.3 is 13.9 Å². The van der Waals surface area contributed by atoms with Crippen molar-refractivity contribution in [3.8, 4) is 5.75 Å². The van der Waals surface area contributed by atoms with Crippen LogP contribution in [0.3, 0.4) is 0 Å². The van der Waals surface area contributed by atoms with Gasteiger partial charge in [0.1, 0.15) is 29.4 Å². The molecule has 4 aromatic rings. The van der Waals surface area contributed by atoms with E-state index in [0.717, 1.165) is 11.3 Å². The lowest BCUT2D eigenvalue weighted by Gasteiger charge is -2.22. The van der Waals surface area contributed by atoms with E-state index in [9.17, 15) is 14.4 Å². The van der Waals surface area contributed by atoms with Gasteiger partial charge in [-0.05, 0) is 36.8 Å². The van der Waals surface area contributed by atoms with E-state index in [1.807, 2.05) is 0 Å². The molecule has 0 saturated heterocycles. The Bertz CT molecular complexity index is 1600. The molecule has 0 N–H and O–H groups in total. The third-order valence-corrected chi connectivity index (χ3v) is 6.99. The van der Waals surface area contributed by atoms with Crippen molar-refractivity contribution in [2.45, 2.75) is 13.0 Å². The number of esters is 1. The molecule has 8 nitrogen and oxygen atoms in total. The molecule has 1 aliphatic rings. The highest BCUT2D eigenvalue weighted by atomic mass is 32.1. The fourth-order valence-electron chi connectivity index (χ4n) is 4.21. The summed E-state index contributed by atoms with van der Waals surface area (Å²) in [6.45, 7) is 9.25. The minimum absolute atomic E-state index is 0.0491. The molecule has 1 atom stereocenters. The summed E-state index contributed by atoms with van der Waals surface area (Å²) in [5.74, 6) is -0.521. The molecule has 186 valence electrons. The van der Waals surface area contributed by atoms with Gasteiger partial charge >= 0.3 is 5.97 Å². The first-order chi connectivity index (χ1) is 17.9. The van der Waals surface area contributed by atoms with Gasteiger partial charge in [-0.25, -0.2) is 9.78 Å². The summed E-state index contributed by atoms with van der Waals surface area (Å²) < 4.78 is 16.7. The molecule has 2 aromatic heterocycles. The maximum absolute atomic E-state index is 13.7. The van der Waals surface area contributed by atoms with Crippen molar-refractivity contribution in [2.75, 3.05) is 18.1 Å². The number of nitrogens with zero attached hydrogens (tertiary/aromatic N) is 2. The molecule has 0 aliphatic carbocycles. The number of benzene rings is 2. The fourth-order valence-corrected chi connectivity index (χ4v) is 5.20. The van der Waals surface area contributed by atoms with Gasteiger partial charge in [-0.15, -0.1) is 0 Å². The zero-order chi connectivity index (χ0) is 26.1. The number of hydrogen-bond donors (Lipinski definition) is 0. The summed E-state index contributed by atoms with van der Waals surface area (Å²) in [4.78, 5) is 46.1. The first-order valence-electron chi connectivity index (χ1n) is 11.4. The third-order valence-electron chi connectivity index (χ3n) is 5.85. The van der Waals surface area contributed by atoms with Gasteiger partial charge in [0, 0.05) is 0 Å². The lowest BCUT2D eigenvalue weighted by atomic mass is 9.98. The third kappa shape index (κ3) is 4.23.